The molecule has 0 fully saturated rings. The first-order valence-corrected chi connectivity index (χ1v) is 10.1. The lowest BCUT2D eigenvalue weighted by atomic mass is 10.2. The maximum atomic E-state index is 13.4. The van der Waals surface area contributed by atoms with E-state index in [1.54, 1.807) is 12.1 Å². The van der Waals surface area contributed by atoms with Gasteiger partial charge in [0.1, 0.15) is 34.1 Å². The molecule has 0 saturated heterocycles. The highest BCUT2D eigenvalue weighted by atomic mass is 31.2. The van der Waals surface area contributed by atoms with E-state index in [-0.39, 0.29) is 34.1 Å². The molecule has 0 saturated carbocycles. The van der Waals surface area contributed by atoms with Crippen LogP contribution in [0.4, 0.5) is 0 Å². The summed E-state index contributed by atoms with van der Waals surface area (Å²) in [5.74, 6) is 0.671. The van der Waals surface area contributed by atoms with E-state index >= 15 is 0 Å². The number of ether oxygens (including phenoxy) is 4. The fraction of sp³-hybridized carbons (Fsp3) is 0.263. The monoisotopic (exact) mass is 392 g/mol. The minimum Gasteiger partial charge on any atom is -0.496 e. The SMILES string of the molecule is COc1cccc(OC)c1C(=O)P(C)(=O)C(=O)c1c(OC)cccc1OC. The summed E-state index contributed by atoms with van der Waals surface area (Å²) in [5.41, 5.74) is -1.82. The van der Waals surface area contributed by atoms with E-state index in [0.717, 1.165) is 6.66 Å². The summed E-state index contributed by atoms with van der Waals surface area (Å²) in [6, 6.07) is 9.38. The van der Waals surface area contributed by atoms with Gasteiger partial charge in [0.05, 0.1) is 28.4 Å². The highest BCUT2D eigenvalue weighted by Crippen LogP contribution is 2.53. The smallest absolute Gasteiger partial charge is 0.236 e. The van der Waals surface area contributed by atoms with E-state index in [1.165, 1.54) is 52.7 Å². The number of hydrogen-bond donors (Lipinski definition) is 0. The van der Waals surface area contributed by atoms with E-state index in [4.69, 9.17) is 18.9 Å². The molecule has 0 spiro atoms. The lowest BCUT2D eigenvalue weighted by Gasteiger charge is -2.18. The third-order valence-corrected chi connectivity index (χ3v) is 6.06. The van der Waals surface area contributed by atoms with E-state index in [9.17, 15) is 14.2 Å². The molecule has 0 aliphatic rings. The molecule has 0 aliphatic carbocycles. The maximum absolute atomic E-state index is 13.4. The van der Waals surface area contributed by atoms with Crippen molar-refractivity contribution in [2.45, 2.75) is 0 Å². The van der Waals surface area contributed by atoms with Gasteiger partial charge in [-0.1, -0.05) is 12.1 Å². The molecule has 0 aliphatic heterocycles. The fourth-order valence-electron chi connectivity index (χ4n) is 2.64. The second-order valence-corrected chi connectivity index (χ2v) is 8.27. The van der Waals surface area contributed by atoms with E-state index < -0.39 is 18.2 Å². The van der Waals surface area contributed by atoms with E-state index in [2.05, 4.69) is 0 Å². The first-order chi connectivity index (χ1) is 12.8. The third kappa shape index (κ3) is 3.69. The molecule has 0 atom stereocenters. The van der Waals surface area contributed by atoms with Crippen LogP contribution in [0.1, 0.15) is 20.7 Å². The van der Waals surface area contributed by atoms with Gasteiger partial charge in [0.15, 0.2) is 0 Å². The number of carbonyl (C=O) groups is 2. The minimum atomic E-state index is -4.08. The molecule has 0 bridgehead atoms. The van der Waals surface area contributed by atoms with E-state index in [1.807, 2.05) is 0 Å². The zero-order valence-electron chi connectivity index (χ0n) is 15.8. The van der Waals surface area contributed by atoms with Crippen LogP contribution >= 0.6 is 7.14 Å². The topological polar surface area (TPSA) is 88.1 Å². The van der Waals surface area contributed by atoms with Gasteiger partial charge in [-0.15, -0.1) is 0 Å². The van der Waals surface area contributed by atoms with Crippen molar-refractivity contribution in [2.24, 2.45) is 0 Å². The van der Waals surface area contributed by atoms with Gasteiger partial charge in [0, 0.05) is 6.66 Å². The van der Waals surface area contributed by atoms with Crippen LogP contribution in [0.2, 0.25) is 0 Å². The second-order valence-electron chi connectivity index (χ2n) is 5.61. The molecule has 0 radical (unpaired) electrons. The summed E-state index contributed by atoms with van der Waals surface area (Å²) in [5, 5.41) is 0. The third-order valence-electron chi connectivity index (χ3n) is 4.06. The van der Waals surface area contributed by atoms with Crippen molar-refractivity contribution in [1.29, 1.82) is 0 Å². The highest BCUT2D eigenvalue weighted by Gasteiger charge is 2.41. The molecule has 0 aromatic heterocycles. The first kappa shape index (κ1) is 20.5. The number of hydrogen-bond acceptors (Lipinski definition) is 7. The Kier molecular flexibility index (Phi) is 6.28. The van der Waals surface area contributed by atoms with Gasteiger partial charge in [0.25, 0.3) is 0 Å². The van der Waals surface area contributed by atoms with Crippen LogP contribution in [0.15, 0.2) is 36.4 Å². The summed E-state index contributed by atoms with van der Waals surface area (Å²) in [6.07, 6.45) is 0. The Morgan fingerprint density at radius 1 is 0.667 bits per heavy atom. The minimum absolute atomic E-state index is 0.0458. The Morgan fingerprint density at radius 2 is 0.926 bits per heavy atom. The van der Waals surface area contributed by atoms with Crippen LogP contribution in [0.25, 0.3) is 0 Å². The molecular formula is C19H21O7P. The van der Waals surface area contributed by atoms with Gasteiger partial charge in [-0.05, 0) is 24.3 Å². The Bertz CT molecular complexity index is 804. The van der Waals surface area contributed by atoms with Gasteiger partial charge in [-0.2, -0.15) is 0 Å². The Morgan fingerprint density at radius 3 is 1.15 bits per heavy atom. The normalized spacial score (nSPS) is 10.9. The lowest BCUT2D eigenvalue weighted by Crippen LogP contribution is -2.13. The zero-order chi connectivity index (χ0) is 20.2. The second kappa shape index (κ2) is 8.27. The number of benzene rings is 2. The molecule has 2 rings (SSSR count). The standard InChI is InChI=1S/C19H21O7P/c1-23-12-8-6-9-13(24-2)16(12)18(20)27(5,22)19(21)17-14(25-3)10-7-11-15(17)26-4/h6-11H,1-5H3. The molecule has 0 amide bonds. The Hall–Kier alpha value is -2.79. The lowest BCUT2D eigenvalue weighted by molar-refractivity contribution is 0.103. The molecule has 7 nitrogen and oxygen atoms in total. The number of rotatable bonds is 8. The van der Waals surface area contributed by atoms with E-state index in [0.29, 0.717) is 0 Å². The van der Waals surface area contributed by atoms with Crippen molar-refractivity contribution in [2.75, 3.05) is 35.1 Å². The van der Waals surface area contributed by atoms with Crippen LogP contribution in [0.3, 0.4) is 0 Å². The number of methoxy groups -OCH3 is 4. The molecule has 144 valence electrons. The van der Waals surface area contributed by atoms with Gasteiger partial charge in [-0.25, -0.2) is 0 Å². The first-order valence-electron chi connectivity index (χ1n) is 7.92. The molecule has 2 aromatic carbocycles. The molecule has 27 heavy (non-hydrogen) atoms. The summed E-state index contributed by atoms with van der Waals surface area (Å²) >= 11 is 0. The summed E-state index contributed by atoms with van der Waals surface area (Å²) in [4.78, 5) is 26.2. The summed E-state index contributed by atoms with van der Waals surface area (Å²) in [6.45, 7) is 1.12. The van der Waals surface area contributed by atoms with Crippen LogP contribution in [0.5, 0.6) is 23.0 Å². The Labute approximate surface area is 157 Å². The van der Waals surface area contributed by atoms with Gasteiger partial charge in [-0.3, -0.25) is 9.59 Å². The van der Waals surface area contributed by atoms with Gasteiger partial charge >= 0.3 is 0 Å². The largest absolute Gasteiger partial charge is 0.496 e. The van der Waals surface area contributed by atoms with Crippen molar-refractivity contribution >= 4 is 18.2 Å². The average Bonchev–Trinajstić information content (AvgIpc) is 2.70. The predicted octanol–water partition coefficient (Wildman–Crippen LogP) is 3.69. The molecular weight excluding hydrogens is 371 g/mol. The average molecular weight is 392 g/mol. The van der Waals surface area contributed by atoms with Gasteiger partial charge < -0.3 is 23.5 Å². The van der Waals surface area contributed by atoms with Crippen molar-refractivity contribution in [3.63, 3.8) is 0 Å². The predicted molar refractivity (Wildman–Crippen MR) is 101 cm³/mol. The van der Waals surface area contributed by atoms with Crippen LogP contribution in [0, 0.1) is 0 Å². The van der Waals surface area contributed by atoms with Crippen LogP contribution in [-0.2, 0) is 4.57 Å². The number of carbonyl (C=O) groups excluding carboxylic acids is 2. The maximum Gasteiger partial charge on any atom is 0.236 e. The van der Waals surface area contributed by atoms with Crippen molar-refractivity contribution < 1.29 is 33.1 Å². The summed E-state index contributed by atoms with van der Waals surface area (Å²) in [7, 11) is 1.41. The fourth-order valence-corrected chi connectivity index (χ4v) is 4.12. The molecule has 0 heterocycles. The Balaban J connectivity index is 2.63. The quantitative estimate of drug-likeness (QED) is 0.633. The molecule has 2 aromatic rings. The van der Waals surface area contributed by atoms with Crippen molar-refractivity contribution in [3.05, 3.63) is 47.5 Å². The molecule has 0 N–H and O–H groups in total. The highest BCUT2D eigenvalue weighted by molar-refractivity contribution is 7.94. The molecule has 0 unspecified atom stereocenters. The zero-order valence-corrected chi connectivity index (χ0v) is 16.7. The van der Waals surface area contributed by atoms with Crippen LogP contribution in [-0.4, -0.2) is 46.2 Å². The molecule has 8 heteroatoms. The van der Waals surface area contributed by atoms with Gasteiger partial charge in [0.2, 0.25) is 18.2 Å². The summed E-state index contributed by atoms with van der Waals surface area (Å²) < 4.78 is 34.2. The van der Waals surface area contributed by atoms with Crippen molar-refractivity contribution in [1.82, 2.24) is 0 Å². The van der Waals surface area contributed by atoms with Crippen molar-refractivity contribution in [3.8, 4) is 23.0 Å². The van der Waals surface area contributed by atoms with Crippen LogP contribution < -0.4 is 18.9 Å².